The molecule has 3 aliphatic carbocycles. The lowest BCUT2D eigenvalue weighted by Gasteiger charge is -2.32. The second kappa shape index (κ2) is 36.1. The number of amides is 3. The van der Waals surface area contributed by atoms with E-state index in [-0.39, 0.29) is 28.8 Å². The van der Waals surface area contributed by atoms with Crippen LogP contribution < -0.4 is 22.0 Å². The van der Waals surface area contributed by atoms with Gasteiger partial charge in [-0.1, -0.05) is 108 Å². The van der Waals surface area contributed by atoms with Gasteiger partial charge in [-0.2, -0.15) is 0 Å². The van der Waals surface area contributed by atoms with E-state index in [1.807, 2.05) is 119 Å². The summed E-state index contributed by atoms with van der Waals surface area (Å²) < 4.78 is 44.4. The number of carboxylic acid groups (broad SMARTS) is 1. The largest absolute Gasteiger partial charge is 0.506 e. The molecule has 6 aromatic rings. The van der Waals surface area contributed by atoms with Crippen LogP contribution in [0.25, 0.3) is 37.6 Å². The van der Waals surface area contributed by atoms with Crippen molar-refractivity contribution in [2.45, 2.75) is 270 Å². The summed E-state index contributed by atoms with van der Waals surface area (Å²) in [6, 6.07) is 21.7. The number of aliphatic carboxylic acids is 1. The number of carboxylic acids is 1. The fourth-order valence-corrected chi connectivity index (χ4v) is 17.8. The van der Waals surface area contributed by atoms with Crippen molar-refractivity contribution in [1.29, 1.82) is 0 Å². The van der Waals surface area contributed by atoms with E-state index >= 15 is 0 Å². The molecule has 1 saturated heterocycles. The molecule has 0 spiro atoms. The third-order valence-corrected chi connectivity index (χ3v) is 24.3. The highest BCUT2D eigenvalue weighted by Crippen LogP contribution is 2.53. The van der Waals surface area contributed by atoms with Crippen LogP contribution >= 0.6 is 49.9 Å². The molecule has 3 unspecified atom stereocenters. The monoisotopic (exact) mass is 1630 g/mol. The highest BCUT2D eigenvalue weighted by Gasteiger charge is 2.54. The van der Waals surface area contributed by atoms with Gasteiger partial charge < -0.3 is 55.3 Å². The van der Waals surface area contributed by atoms with Crippen LogP contribution in [0.1, 0.15) is 301 Å². The lowest BCUT2D eigenvalue weighted by Crippen LogP contribution is -2.41. The van der Waals surface area contributed by atoms with E-state index in [2.05, 4.69) is 110 Å². The molecular weight excluding hydrogens is 1510 g/mol. The first-order chi connectivity index (χ1) is 50.8. The maximum atomic E-state index is 13.2. The fourth-order valence-electron chi connectivity index (χ4n) is 13.6. The number of aryl methyl sites for hydroxylation is 3. The Bertz CT molecular complexity index is 4430. The van der Waals surface area contributed by atoms with E-state index in [9.17, 15) is 33.9 Å². The number of hydrogen-bond donors (Lipinski definition) is 4. The zero-order valence-corrected chi connectivity index (χ0v) is 73.4. The first-order valence-corrected chi connectivity index (χ1v) is 41.3. The molecule has 3 amide bonds. The topological polar surface area (TPSA) is 265 Å². The van der Waals surface area contributed by atoms with Crippen molar-refractivity contribution >= 4 is 114 Å². The smallest absolute Gasteiger partial charge is 0.479 e. The van der Waals surface area contributed by atoms with Crippen LogP contribution in [0.4, 0.5) is 0 Å². The summed E-state index contributed by atoms with van der Waals surface area (Å²) >= 11 is 7.91. The molecule has 1 aliphatic heterocycles. The minimum Gasteiger partial charge on any atom is -0.479 e. The Morgan fingerprint density at radius 1 is 0.482 bits per heavy atom. The van der Waals surface area contributed by atoms with Gasteiger partial charge in [0, 0.05) is 83.7 Å². The number of benzene rings is 3. The summed E-state index contributed by atoms with van der Waals surface area (Å²) in [5.41, 5.74) is 26.4. The molecular formula is C88H119BBrN3O14S3. The van der Waals surface area contributed by atoms with E-state index in [0.717, 1.165) is 136 Å². The molecule has 598 valence electrons. The molecule has 10 rings (SSSR count). The number of ether oxygens (including phenoxy) is 5. The van der Waals surface area contributed by atoms with E-state index in [4.69, 9.17) is 50.2 Å². The van der Waals surface area contributed by atoms with Gasteiger partial charge >= 0.3 is 25.0 Å². The molecule has 17 nitrogen and oxygen atoms in total. The Kier molecular flexibility index (Phi) is 29.6. The van der Waals surface area contributed by atoms with Crippen molar-refractivity contribution in [3.8, 4) is 20.9 Å². The number of halogens is 1. The number of esters is 2. The molecule has 0 radical (unpaired) electrons. The predicted octanol–water partition coefficient (Wildman–Crippen LogP) is 21.1. The SMILES string of the molecule is CCOC(=O)C(OC(C)(C)C)c1c(C)sc(-c2ccccc2C(N)=O)c1C1=CCC(C)(C)CC1.CCOC(=O)C(OC(C)(C)C)c1c(C)sc(B2OC(C)(C)C(C)(C)O2)c1C1=CCC(C)(C)CC1.Cc1sc(-c2ccccc2C(N)=O)c(C2=CCC(C)(C)CC2)c1C(OC(C)(C)C)C(=O)O.NC(=O)c1ccccc1Br. The third-order valence-electron chi connectivity index (χ3n) is 20.2. The number of thiophene rings is 3. The normalized spacial score (nSPS) is 17.9. The van der Waals surface area contributed by atoms with Crippen LogP contribution in [0, 0.1) is 37.0 Å². The van der Waals surface area contributed by atoms with E-state index in [1.165, 1.54) is 22.5 Å². The van der Waals surface area contributed by atoms with Crippen LogP contribution in [-0.2, 0) is 47.4 Å². The molecule has 0 saturated carbocycles. The second-order valence-electron chi connectivity index (χ2n) is 35.1. The van der Waals surface area contributed by atoms with Crippen LogP contribution in [0.3, 0.4) is 0 Å². The van der Waals surface area contributed by atoms with Crippen molar-refractivity contribution in [1.82, 2.24) is 0 Å². The number of hydrogen-bond acceptors (Lipinski definition) is 16. The van der Waals surface area contributed by atoms with E-state index in [0.29, 0.717) is 28.9 Å². The molecule has 1 fully saturated rings. The maximum absolute atomic E-state index is 13.2. The average Bonchev–Trinajstić information content (AvgIpc) is 1.60. The summed E-state index contributed by atoms with van der Waals surface area (Å²) in [4.78, 5) is 78.6. The van der Waals surface area contributed by atoms with Crippen molar-refractivity contribution in [3.05, 3.63) is 160 Å². The number of rotatable bonds is 20. The molecule has 4 heterocycles. The Morgan fingerprint density at radius 3 is 1.10 bits per heavy atom. The van der Waals surface area contributed by atoms with Gasteiger partial charge in [-0.3, -0.25) is 14.4 Å². The Balaban J connectivity index is 0.000000215. The predicted molar refractivity (Wildman–Crippen MR) is 452 cm³/mol. The van der Waals surface area contributed by atoms with Gasteiger partial charge in [-0.05, 0) is 261 Å². The molecule has 3 aromatic heterocycles. The number of carbonyl (C=O) groups is 6. The zero-order valence-electron chi connectivity index (χ0n) is 69.3. The van der Waals surface area contributed by atoms with Gasteiger partial charge in [0.2, 0.25) is 17.7 Å². The number of primary amides is 3. The minimum absolute atomic E-state index is 0.203. The van der Waals surface area contributed by atoms with Crippen LogP contribution in [0.5, 0.6) is 0 Å². The summed E-state index contributed by atoms with van der Waals surface area (Å²) in [5, 5.41) is 10.1. The molecule has 22 heteroatoms. The molecule has 110 heavy (non-hydrogen) atoms. The Labute approximate surface area is 674 Å². The zero-order chi connectivity index (χ0) is 82.4. The summed E-state index contributed by atoms with van der Waals surface area (Å²) in [6.45, 7) is 49.4. The second-order valence-corrected chi connectivity index (χ2v) is 39.6. The summed E-state index contributed by atoms with van der Waals surface area (Å²) in [7, 11) is -0.495. The summed E-state index contributed by atoms with van der Waals surface area (Å²) in [6.07, 6.45) is 12.7. The number of nitrogens with two attached hydrogens (primary N) is 3. The first kappa shape index (κ1) is 90.3. The van der Waals surface area contributed by atoms with Gasteiger partial charge in [0.1, 0.15) is 0 Å². The molecule has 3 atom stereocenters. The summed E-state index contributed by atoms with van der Waals surface area (Å²) in [5.74, 6) is -3.15. The molecule has 4 aliphatic rings. The maximum Gasteiger partial charge on any atom is 0.506 e. The van der Waals surface area contributed by atoms with Crippen LogP contribution in [0.15, 0.2) is 95.5 Å². The third kappa shape index (κ3) is 23.0. The first-order valence-electron chi connectivity index (χ1n) is 38.1. The van der Waals surface area contributed by atoms with Crippen molar-refractivity contribution in [3.63, 3.8) is 0 Å². The average molecular weight is 1630 g/mol. The van der Waals surface area contributed by atoms with Gasteiger partial charge in [0.05, 0.1) is 46.8 Å². The molecule has 7 N–H and O–H groups in total. The number of carbonyl (C=O) groups excluding carboxylic acids is 5. The van der Waals surface area contributed by atoms with Gasteiger partial charge in [-0.25, -0.2) is 14.4 Å². The standard InChI is InChI=1S/C28H37NO4S.C27H43BO5S.C26H33NO4S.C7H6BrNO/c1-8-32-26(31)23(33-27(3,4)5)21-17(2)34-24(19-11-9-10-12-20(19)25(29)30)22(21)18-13-15-28(6,7)16-14-18;1-12-30-23(29)21(31-24(3,4)5)19-17(2)34-22(28-32-26(8,9)27(10,11)33-28)20(19)18-13-15-25(6,7)16-14-18;1-15-19(21(24(29)30)31-25(2,3)4)20(16-11-13-26(5,6)14-12-16)22(32-15)17-9-7-8-10-18(17)23(27)28;8-6-4-2-1-3-5(6)7(9)10/h9-13,23H,8,14-16H2,1-7H3,(H2,29,30);13,21H,12,14-16H2,1-11H3;7-11,21H,12-14H2,1-6H3,(H2,27,28)(H,29,30);1-4H,(H2,9,10). The highest BCUT2D eigenvalue weighted by molar-refractivity contribution is 9.10. The quantitative estimate of drug-likeness (QED) is 0.0409. The lowest BCUT2D eigenvalue weighted by molar-refractivity contribution is -0.167. The van der Waals surface area contributed by atoms with Crippen LogP contribution in [-0.4, -0.2) is 89.1 Å². The minimum atomic E-state index is -1.11. The van der Waals surface area contributed by atoms with Crippen molar-refractivity contribution in [2.24, 2.45) is 33.4 Å². The molecule has 0 bridgehead atoms. The van der Waals surface area contributed by atoms with Gasteiger partial charge in [-0.15, -0.1) is 34.0 Å². The van der Waals surface area contributed by atoms with Crippen molar-refractivity contribution < 1.29 is 66.9 Å². The van der Waals surface area contributed by atoms with Crippen LogP contribution in [0.2, 0.25) is 0 Å². The Hall–Kier alpha value is -6.86. The number of allylic oxidation sites excluding steroid dienone is 6. The lowest BCUT2D eigenvalue weighted by atomic mass is 9.73. The van der Waals surface area contributed by atoms with Gasteiger partial charge in [0.15, 0.2) is 18.3 Å². The van der Waals surface area contributed by atoms with E-state index < -0.39 is 83.1 Å². The highest BCUT2D eigenvalue weighted by atomic mass is 79.9. The Morgan fingerprint density at radius 2 is 0.791 bits per heavy atom. The molecule has 3 aromatic carbocycles. The van der Waals surface area contributed by atoms with Crippen molar-refractivity contribution in [2.75, 3.05) is 13.2 Å². The van der Waals surface area contributed by atoms with E-state index in [1.54, 1.807) is 66.0 Å². The fraction of sp³-hybridized carbons (Fsp3) is 0.523. The van der Waals surface area contributed by atoms with Gasteiger partial charge in [0.25, 0.3) is 0 Å².